The zero-order valence-electron chi connectivity index (χ0n) is 38.3. The van der Waals surface area contributed by atoms with Gasteiger partial charge in [0.05, 0.1) is 6.04 Å². The van der Waals surface area contributed by atoms with Crippen LogP contribution in [-0.2, 0) is 23.9 Å². The average Bonchev–Trinajstić information content (AvgIpc) is 3.23. The summed E-state index contributed by atoms with van der Waals surface area (Å²) in [6, 6.07) is -0.270. The summed E-state index contributed by atoms with van der Waals surface area (Å²) in [5.41, 5.74) is 0.877. The van der Waals surface area contributed by atoms with Gasteiger partial charge in [0.1, 0.15) is 19.3 Å². The van der Waals surface area contributed by atoms with Crippen LogP contribution >= 0.6 is 0 Å². The van der Waals surface area contributed by atoms with Crippen LogP contribution in [0.2, 0.25) is 0 Å². The number of esters is 2. The third-order valence-corrected chi connectivity index (χ3v) is 11.0. The van der Waals surface area contributed by atoms with E-state index in [-0.39, 0.29) is 29.9 Å². The molecular weight excluding hydrogens is 735 g/mol. The number of unbranched alkanes of at least 4 members (excludes halogenated alkanes) is 17. The van der Waals surface area contributed by atoms with Crippen LogP contribution in [0.15, 0.2) is 60.9 Å². The molecule has 59 heavy (non-hydrogen) atoms. The summed E-state index contributed by atoms with van der Waals surface area (Å²) in [5, 5.41) is 6.36. The molecule has 1 aliphatic rings. The van der Waals surface area contributed by atoms with Gasteiger partial charge in [-0.25, -0.2) is 0 Å². The van der Waals surface area contributed by atoms with E-state index in [0.717, 1.165) is 102 Å². The second-order valence-electron chi connectivity index (χ2n) is 16.4. The molecule has 1 fully saturated rings. The fourth-order valence-electron chi connectivity index (χ4n) is 7.20. The number of ether oxygens (including phenoxy) is 2. The number of nitrogens with one attached hydrogen (secondary N) is 2. The second-order valence-corrected chi connectivity index (χ2v) is 16.4. The van der Waals surface area contributed by atoms with Gasteiger partial charge < -0.3 is 20.1 Å². The molecular formula is C51H89N3O5. The van der Waals surface area contributed by atoms with Crippen LogP contribution in [0, 0.1) is 0 Å². The Balaban J connectivity index is 2.29. The molecule has 1 amide bonds. The lowest BCUT2D eigenvalue weighted by molar-refractivity contribution is -0.144. The van der Waals surface area contributed by atoms with E-state index in [1.807, 2.05) is 6.92 Å². The third kappa shape index (κ3) is 33.3. The molecule has 2 N–H and O–H groups in total. The van der Waals surface area contributed by atoms with E-state index in [9.17, 15) is 14.4 Å². The van der Waals surface area contributed by atoms with Gasteiger partial charge in [-0.2, -0.15) is 0 Å². The first-order valence-electron chi connectivity index (χ1n) is 24.3. The highest BCUT2D eigenvalue weighted by atomic mass is 16.5. The van der Waals surface area contributed by atoms with Crippen molar-refractivity contribution in [2.45, 2.75) is 213 Å². The van der Waals surface area contributed by atoms with Gasteiger partial charge in [0.25, 0.3) is 0 Å². The Morgan fingerprint density at radius 3 is 1.44 bits per heavy atom. The van der Waals surface area contributed by atoms with Crippen molar-refractivity contribution in [3.8, 4) is 0 Å². The number of hydrogen-bond acceptors (Lipinski definition) is 7. The van der Waals surface area contributed by atoms with Gasteiger partial charge in [0.2, 0.25) is 5.91 Å². The zero-order valence-corrected chi connectivity index (χ0v) is 38.3. The molecule has 8 heteroatoms. The number of amides is 1. The summed E-state index contributed by atoms with van der Waals surface area (Å²) < 4.78 is 11.2. The summed E-state index contributed by atoms with van der Waals surface area (Å²) in [7, 11) is 0. The molecule has 1 heterocycles. The third-order valence-electron chi connectivity index (χ3n) is 11.0. The predicted octanol–water partition coefficient (Wildman–Crippen LogP) is 12.6. The molecule has 1 rings (SSSR count). The Kier molecular flexibility index (Phi) is 36.8. The minimum Gasteiger partial charge on any atom is -0.464 e. The SMILES string of the molecule is C=C1NC(CCCCN(CCOC(=O)CCCCCCC/C=C\C/C=C\CCCCC)CCOC(=O)CCCCCCC/C=C\C/C=C\CCCCC)C(=O)NC1CC. The highest BCUT2D eigenvalue weighted by Gasteiger charge is 2.28. The van der Waals surface area contributed by atoms with Crippen molar-refractivity contribution in [1.29, 1.82) is 0 Å². The van der Waals surface area contributed by atoms with Gasteiger partial charge in [-0.3, -0.25) is 19.3 Å². The van der Waals surface area contributed by atoms with Crippen molar-refractivity contribution in [3.63, 3.8) is 0 Å². The molecule has 1 saturated heterocycles. The number of piperazine rings is 1. The molecule has 0 aromatic rings. The van der Waals surface area contributed by atoms with Gasteiger partial charge in [-0.1, -0.05) is 140 Å². The molecule has 0 radical (unpaired) electrons. The van der Waals surface area contributed by atoms with Gasteiger partial charge in [0, 0.05) is 31.6 Å². The maximum Gasteiger partial charge on any atom is 0.305 e. The van der Waals surface area contributed by atoms with E-state index in [1.54, 1.807) is 0 Å². The van der Waals surface area contributed by atoms with Crippen LogP contribution in [0.1, 0.15) is 201 Å². The van der Waals surface area contributed by atoms with Crippen molar-refractivity contribution in [2.75, 3.05) is 32.8 Å². The minimum absolute atomic E-state index is 0.00944. The molecule has 0 spiro atoms. The minimum atomic E-state index is -0.260. The van der Waals surface area contributed by atoms with E-state index in [4.69, 9.17) is 9.47 Å². The molecule has 8 nitrogen and oxygen atoms in total. The lowest BCUT2D eigenvalue weighted by Crippen LogP contribution is -2.56. The Hall–Kier alpha value is -3.13. The zero-order chi connectivity index (χ0) is 42.9. The Labute approximate surface area is 362 Å². The maximum absolute atomic E-state index is 12.6. The van der Waals surface area contributed by atoms with Crippen molar-refractivity contribution in [2.24, 2.45) is 0 Å². The van der Waals surface area contributed by atoms with Gasteiger partial charge >= 0.3 is 11.9 Å². The number of nitrogens with zero attached hydrogens (tertiary/aromatic N) is 1. The topological polar surface area (TPSA) is 97.0 Å². The number of carbonyl (C=O) groups excluding carboxylic acids is 3. The second kappa shape index (κ2) is 40.3. The van der Waals surface area contributed by atoms with Crippen molar-refractivity contribution < 1.29 is 23.9 Å². The van der Waals surface area contributed by atoms with Crippen LogP contribution < -0.4 is 10.6 Å². The fourth-order valence-corrected chi connectivity index (χ4v) is 7.20. The van der Waals surface area contributed by atoms with E-state index in [2.05, 4.69) is 84.6 Å². The highest BCUT2D eigenvalue weighted by molar-refractivity contribution is 5.83. The number of carbonyl (C=O) groups is 3. The van der Waals surface area contributed by atoms with E-state index in [0.29, 0.717) is 39.1 Å². The molecule has 0 saturated carbocycles. The number of hydrogen-bond donors (Lipinski definition) is 2. The van der Waals surface area contributed by atoms with Gasteiger partial charge in [-0.15, -0.1) is 0 Å². The van der Waals surface area contributed by atoms with Crippen molar-refractivity contribution in [1.82, 2.24) is 15.5 Å². The lowest BCUT2D eigenvalue weighted by atomic mass is 10.0. The molecule has 0 bridgehead atoms. The summed E-state index contributed by atoms with van der Waals surface area (Å²) in [5.74, 6) is -0.243. The molecule has 0 aromatic heterocycles. The normalized spacial score (nSPS) is 15.9. The van der Waals surface area contributed by atoms with E-state index < -0.39 is 0 Å². The van der Waals surface area contributed by atoms with E-state index in [1.165, 1.54) is 77.0 Å². The molecule has 2 atom stereocenters. The summed E-state index contributed by atoms with van der Waals surface area (Å²) >= 11 is 0. The largest absolute Gasteiger partial charge is 0.464 e. The van der Waals surface area contributed by atoms with Gasteiger partial charge in [0.15, 0.2) is 0 Å². The quantitative estimate of drug-likeness (QED) is 0.0361. The van der Waals surface area contributed by atoms with Gasteiger partial charge in [-0.05, 0) is 109 Å². The van der Waals surface area contributed by atoms with Crippen LogP contribution in [-0.4, -0.2) is 67.7 Å². The first kappa shape index (κ1) is 53.9. The van der Waals surface area contributed by atoms with Crippen LogP contribution in [0.5, 0.6) is 0 Å². The summed E-state index contributed by atoms with van der Waals surface area (Å²) in [4.78, 5) is 39.8. The Morgan fingerprint density at radius 2 is 0.983 bits per heavy atom. The van der Waals surface area contributed by atoms with E-state index >= 15 is 0 Å². The average molecular weight is 824 g/mol. The molecule has 0 aromatic carbocycles. The molecule has 338 valence electrons. The highest BCUT2D eigenvalue weighted by Crippen LogP contribution is 2.14. The Morgan fingerprint density at radius 1 is 0.542 bits per heavy atom. The predicted molar refractivity (Wildman–Crippen MR) is 249 cm³/mol. The number of allylic oxidation sites excluding steroid dienone is 8. The van der Waals surface area contributed by atoms with Crippen LogP contribution in [0.4, 0.5) is 0 Å². The van der Waals surface area contributed by atoms with Crippen LogP contribution in [0.25, 0.3) is 0 Å². The monoisotopic (exact) mass is 824 g/mol. The van der Waals surface area contributed by atoms with Crippen LogP contribution in [0.3, 0.4) is 0 Å². The first-order chi connectivity index (χ1) is 28.9. The smallest absolute Gasteiger partial charge is 0.305 e. The molecule has 2 unspecified atom stereocenters. The fraction of sp³-hybridized carbons (Fsp3) is 0.745. The molecule has 0 aliphatic carbocycles. The number of rotatable bonds is 40. The lowest BCUT2D eigenvalue weighted by Gasteiger charge is -2.32. The Bertz CT molecular complexity index is 1110. The first-order valence-corrected chi connectivity index (χ1v) is 24.3. The van der Waals surface area contributed by atoms with Crippen molar-refractivity contribution in [3.05, 3.63) is 60.9 Å². The standard InChI is InChI=1S/C51H89N3O5/c1-5-8-10-12-14-16-18-20-22-24-26-28-30-32-34-39-49(55)58-44-42-54(41-37-36-38-48-51(57)53-47(7-3)46(4)52-48)43-45-59-50(56)40-35-33-31-29-27-25-23-21-19-17-15-13-11-9-6-2/h14-17,20-23,47-48,52H,4-13,18-19,24-45H2,1-3H3,(H,53,57)/b16-14-,17-15-,22-20-,23-21-. The summed E-state index contributed by atoms with van der Waals surface area (Å²) in [6.07, 6.45) is 47.9. The maximum atomic E-state index is 12.6. The summed E-state index contributed by atoms with van der Waals surface area (Å²) in [6.45, 7) is 13.2. The molecule has 1 aliphatic heterocycles. The van der Waals surface area contributed by atoms with Crippen molar-refractivity contribution >= 4 is 17.8 Å².